The van der Waals surface area contributed by atoms with Gasteiger partial charge in [0.2, 0.25) is 18.6 Å². The second-order valence-corrected chi connectivity index (χ2v) is 5.29. The summed E-state index contributed by atoms with van der Waals surface area (Å²) in [5, 5.41) is 7.85. The predicted octanol–water partition coefficient (Wildman–Crippen LogP) is 1.32. The summed E-state index contributed by atoms with van der Waals surface area (Å²) in [6, 6.07) is 4.86. The van der Waals surface area contributed by atoms with E-state index in [1.165, 1.54) is 0 Å². The van der Waals surface area contributed by atoms with Gasteiger partial charge in [-0.05, 0) is 12.1 Å². The quantitative estimate of drug-likeness (QED) is 0.825. The highest BCUT2D eigenvalue weighted by atomic mass is 16.7. The number of fused-ring (bicyclic) bond motifs is 1. The van der Waals surface area contributed by atoms with Crippen molar-refractivity contribution in [3.05, 3.63) is 35.5 Å². The molecule has 0 unspecified atom stereocenters. The van der Waals surface area contributed by atoms with Gasteiger partial charge in [-0.3, -0.25) is 4.79 Å². The Balaban J connectivity index is 1.67. The molecule has 1 atom stereocenters. The van der Waals surface area contributed by atoms with Crippen LogP contribution in [-0.2, 0) is 4.74 Å². The van der Waals surface area contributed by atoms with Crippen LogP contribution in [0.2, 0.25) is 0 Å². The van der Waals surface area contributed by atoms with E-state index in [2.05, 4.69) is 10.2 Å². The van der Waals surface area contributed by atoms with Gasteiger partial charge in [-0.25, -0.2) is 0 Å². The largest absolute Gasteiger partial charge is 0.454 e. The van der Waals surface area contributed by atoms with Crippen LogP contribution in [0.25, 0.3) is 0 Å². The molecule has 1 aromatic carbocycles. The van der Waals surface area contributed by atoms with Crippen LogP contribution < -0.4 is 9.47 Å². The zero-order valence-electron chi connectivity index (χ0n) is 12.5. The third kappa shape index (κ3) is 2.40. The highest BCUT2D eigenvalue weighted by Gasteiger charge is 2.35. The summed E-state index contributed by atoms with van der Waals surface area (Å²) in [4.78, 5) is 14.7. The Hall–Kier alpha value is -2.61. The summed E-state index contributed by atoms with van der Waals surface area (Å²) >= 11 is 0. The molecule has 0 spiro atoms. The standard InChI is InChI=1S/C15H15N3O5/c1-9-16-17-14(23-9)11-7-20-6-5-18(11)15(19)10-3-2-4-12-13(10)22-8-21-12/h2-4,11H,5-8H2,1H3/t11-/m0/s1. The Morgan fingerprint density at radius 3 is 3.04 bits per heavy atom. The van der Waals surface area contributed by atoms with Crippen molar-refractivity contribution in [1.29, 1.82) is 0 Å². The van der Waals surface area contributed by atoms with Crippen molar-refractivity contribution in [3.63, 3.8) is 0 Å². The number of carbonyl (C=O) groups is 1. The van der Waals surface area contributed by atoms with Crippen LogP contribution in [0.4, 0.5) is 0 Å². The van der Waals surface area contributed by atoms with Crippen LogP contribution in [0.15, 0.2) is 22.6 Å². The van der Waals surface area contributed by atoms with Crippen molar-refractivity contribution in [3.8, 4) is 11.5 Å². The zero-order valence-corrected chi connectivity index (χ0v) is 12.5. The molecular weight excluding hydrogens is 302 g/mol. The van der Waals surface area contributed by atoms with Crippen LogP contribution in [0, 0.1) is 6.92 Å². The van der Waals surface area contributed by atoms with Crippen molar-refractivity contribution >= 4 is 5.91 Å². The van der Waals surface area contributed by atoms with Crippen LogP contribution in [-0.4, -0.2) is 47.6 Å². The first-order valence-electron chi connectivity index (χ1n) is 7.31. The van der Waals surface area contributed by atoms with E-state index in [1.807, 2.05) is 0 Å². The minimum absolute atomic E-state index is 0.120. The highest BCUT2D eigenvalue weighted by Crippen LogP contribution is 2.37. The van der Waals surface area contributed by atoms with Crippen molar-refractivity contribution in [2.75, 3.05) is 26.6 Å². The lowest BCUT2D eigenvalue weighted by Crippen LogP contribution is -2.43. The van der Waals surface area contributed by atoms with E-state index < -0.39 is 6.04 Å². The number of rotatable bonds is 2. The van der Waals surface area contributed by atoms with Crippen LogP contribution in [0.5, 0.6) is 11.5 Å². The number of benzene rings is 1. The summed E-state index contributed by atoms with van der Waals surface area (Å²) in [5.41, 5.74) is 0.461. The lowest BCUT2D eigenvalue weighted by Gasteiger charge is -2.33. The third-order valence-corrected chi connectivity index (χ3v) is 3.84. The minimum Gasteiger partial charge on any atom is -0.454 e. The molecule has 0 aliphatic carbocycles. The molecule has 1 amide bonds. The average molecular weight is 317 g/mol. The first kappa shape index (κ1) is 14.0. The van der Waals surface area contributed by atoms with Crippen LogP contribution in [0.3, 0.4) is 0 Å². The molecule has 23 heavy (non-hydrogen) atoms. The number of carbonyl (C=O) groups excluding carboxylic acids is 1. The molecule has 0 radical (unpaired) electrons. The number of para-hydroxylation sites is 1. The molecule has 8 heteroatoms. The summed E-state index contributed by atoms with van der Waals surface area (Å²) in [6.07, 6.45) is 0. The van der Waals surface area contributed by atoms with Gasteiger partial charge in [-0.1, -0.05) is 6.07 Å². The minimum atomic E-state index is -0.407. The molecule has 8 nitrogen and oxygen atoms in total. The Morgan fingerprint density at radius 1 is 1.30 bits per heavy atom. The molecule has 2 aliphatic rings. The maximum absolute atomic E-state index is 13.0. The van der Waals surface area contributed by atoms with Gasteiger partial charge in [-0.15, -0.1) is 10.2 Å². The van der Waals surface area contributed by atoms with E-state index in [-0.39, 0.29) is 12.7 Å². The fourth-order valence-electron chi connectivity index (χ4n) is 2.75. The summed E-state index contributed by atoms with van der Waals surface area (Å²) in [7, 11) is 0. The van der Waals surface area contributed by atoms with Crippen molar-refractivity contribution < 1.29 is 23.4 Å². The molecule has 0 N–H and O–H groups in total. The second kappa shape index (κ2) is 5.54. The normalized spacial score (nSPS) is 19.9. The Bertz CT molecular complexity index is 744. The molecule has 4 rings (SSSR count). The van der Waals surface area contributed by atoms with E-state index >= 15 is 0 Å². The molecule has 3 heterocycles. The van der Waals surface area contributed by atoms with Gasteiger partial charge >= 0.3 is 0 Å². The van der Waals surface area contributed by atoms with Crippen LogP contribution in [0.1, 0.15) is 28.2 Å². The van der Waals surface area contributed by atoms with Crippen LogP contribution >= 0.6 is 0 Å². The number of amides is 1. The maximum Gasteiger partial charge on any atom is 0.258 e. The van der Waals surface area contributed by atoms with Gasteiger partial charge < -0.3 is 23.5 Å². The predicted molar refractivity (Wildman–Crippen MR) is 76.2 cm³/mol. The van der Waals surface area contributed by atoms with Gasteiger partial charge in [0.15, 0.2) is 11.5 Å². The van der Waals surface area contributed by atoms with Gasteiger partial charge in [0.1, 0.15) is 6.04 Å². The molecule has 1 saturated heterocycles. The fourth-order valence-corrected chi connectivity index (χ4v) is 2.75. The lowest BCUT2D eigenvalue weighted by molar-refractivity contribution is -0.0108. The zero-order chi connectivity index (χ0) is 15.8. The molecule has 1 aromatic heterocycles. The Morgan fingerprint density at radius 2 is 2.22 bits per heavy atom. The van der Waals surface area contributed by atoms with Gasteiger partial charge in [0.05, 0.1) is 18.8 Å². The van der Waals surface area contributed by atoms with E-state index in [1.54, 1.807) is 30.0 Å². The Labute approximate surface area is 131 Å². The third-order valence-electron chi connectivity index (χ3n) is 3.84. The van der Waals surface area contributed by atoms with E-state index in [0.717, 1.165) is 0 Å². The lowest BCUT2D eigenvalue weighted by atomic mass is 10.1. The summed E-state index contributed by atoms with van der Waals surface area (Å²) in [6.45, 7) is 3.05. The van der Waals surface area contributed by atoms with Gasteiger partial charge in [0, 0.05) is 13.5 Å². The molecular formula is C15H15N3O5. The molecule has 0 saturated carbocycles. The second-order valence-electron chi connectivity index (χ2n) is 5.29. The van der Waals surface area contributed by atoms with Crippen molar-refractivity contribution in [2.24, 2.45) is 0 Å². The maximum atomic E-state index is 13.0. The SMILES string of the molecule is Cc1nnc([C@@H]2COCCN2C(=O)c2cccc3c2OCO3)o1. The van der Waals surface area contributed by atoms with E-state index in [9.17, 15) is 4.79 Å². The number of morpholine rings is 1. The number of aryl methyl sites for hydroxylation is 1. The number of nitrogens with zero attached hydrogens (tertiary/aromatic N) is 3. The summed E-state index contributed by atoms with van der Waals surface area (Å²) < 4.78 is 21.7. The Kier molecular flexibility index (Phi) is 3.38. The van der Waals surface area contributed by atoms with E-state index in [4.69, 9.17) is 18.6 Å². The van der Waals surface area contributed by atoms with Gasteiger partial charge in [0.25, 0.3) is 5.91 Å². The molecule has 2 aliphatic heterocycles. The molecule has 120 valence electrons. The average Bonchev–Trinajstić information content (AvgIpc) is 3.22. The molecule has 2 aromatic rings. The number of hydrogen-bond donors (Lipinski definition) is 0. The van der Waals surface area contributed by atoms with E-state index in [0.29, 0.717) is 48.6 Å². The topological polar surface area (TPSA) is 86.9 Å². The molecule has 0 bridgehead atoms. The molecule has 1 fully saturated rings. The number of hydrogen-bond acceptors (Lipinski definition) is 7. The number of aromatic nitrogens is 2. The number of ether oxygens (including phenoxy) is 3. The van der Waals surface area contributed by atoms with Crippen molar-refractivity contribution in [1.82, 2.24) is 15.1 Å². The highest BCUT2D eigenvalue weighted by molar-refractivity contribution is 5.98. The summed E-state index contributed by atoms with van der Waals surface area (Å²) in [5.74, 6) is 1.71. The smallest absolute Gasteiger partial charge is 0.258 e. The fraction of sp³-hybridized carbons (Fsp3) is 0.400. The first-order chi connectivity index (χ1) is 11.2. The first-order valence-corrected chi connectivity index (χ1v) is 7.31. The van der Waals surface area contributed by atoms with Gasteiger partial charge in [-0.2, -0.15) is 0 Å². The van der Waals surface area contributed by atoms with Crippen molar-refractivity contribution in [2.45, 2.75) is 13.0 Å². The monoisotopic (exact) mass is 317 g/mol.